The second kappa shape index (κ2) is 10.7. The molecular weight excluding hydrogens is 498 g/mol. The Labute approximate surface area is 224 Å². The second-order valence-corrected chi connectivity index (χ2v) is 11.6. The minimum Gasteiger partial charge on any atom is -0.497 e. The third kappa shape index (κ3) is 5.09. The van der Waals surface area contributed by atoms with Crippen molar-refractivity contribution in [3.8, 4) is 5.75 Å². The van der Waals surface area contributed by atoms with Crippen LogP contribution in [0.1, 0.15) is 29.9 Å². The number of hydrogen-bond acceptors (Lipinski definition) is 7. The molecule has 1 fully saturated rings. The minimum atomic E-state index is -3.57. The van der Waals surface area contributed by atoms with Crippen molar-refractivity contribution in [3.63, 3.8) is 0 Å². The fourth-order valence-electron chi connectivity index (χ4n) is 4.90. The molecule has 2 heterocycles. The lowest BCUT2D eigenvalue weighted by Gasteiger charge is -2.37. The van der Waals surface area contributed by atoms with Crippen molar-refractivity contribution in [2.24, 2.45) is 0 Å². The van der Waals surface area contributed by atoms with Crippen LogP contribution in [0.5, 0.6) is 5.75 Å². The monoisotopic (exact) mass is 531 g/mol. The number of nitrogens with one attached hydrogen (secondary N) is 1. The Kier molecular flexibility index (Phi) is 7.34. The van der Waals surface area contributed by atoms with Crippen molar-refractivity contribution in [2.45, 2.75) is 31.7 Å². The quantitative estimate of drug-likeness (QED) is 0.356. The van der Waals surface area contributed by atoms with Gasteiger partial charge in [-0.3, -0.25) is 4.90 Å². The van der Waals surface area contributed by atoms with Crippen molar-refractivity contribution in [3.05, 3.63) is 83.7 Å². The lowest BCUT2D eigenvalue weighted by Crippen LogP contribution is -2.49. The van der Waals surface area contributed by atoms with Gasteiger partial charge in [-0.15, -0.1) is 0 Å². The summed E-state index contributed by atoms with van der Waals surface area (Å²) in [4.78, 5) is 12.4. The van der Waals surface area contributed by atoms with Crippen LogP contribution in [-0.4, -0.2) is 60.9 Å². The third-order valence-electron chi connectivity index (χ3n) is 7.24. The van der Waals surface area contributed by atoms with Gasteiger partial charge in [0.1, 0.15) is 17.4 Å². The second-order valence-electron chi connectivity index (χ2n) is 9.63. The van der Waals surface area contributed by atoms with Crippen LogP contribution in [0.3, 0.4) is 0 Å². The lowest BCUT2D eigenvalue weighted by atomic mass is 10.1. The first-order chi connectivity index (χ1) is 18.3. The number of aromatic nitrogens is 2. The van der Waals surface area contributed by atoms with E-state index in [4.69, 9.17) is 14.7 Å². The average molecular weight is 532 g/mol. The number of benzene rings is 3. The Hall–Kier alpha value is -3.53. The summed E-state index contributed by atoms with van der Waals surface area (Å²) in [5.41, 5.74) is 4.22. The first-order valence-corrected chi connectivity index (χ1v) is 14.2. The summed E-state index contributed by atoms with van der Waals surface area (Å²) in [5, 5.41) is 4.53. The van der Waals surface area contributed by atoms with E-state index in [9.17, 15) is 8.42 Å². The predicted octanol–water partition coefficient (Wildman–Crippen LogP) is 5.07. The van der Waals surface area contributed by atoms with Crippen LogP contribution < -0.4 is 10.1 Å². The summed E-state index contributed by atoms with van der Waals surface area (Å²) < 4.78 is 33.1. The van der Waals surface area contributed by atoms with Gasteiger partial charge in [0.15, 0.2) is 0 Å². The zero-order valence-corrected chi connectivity index (χ0v) is 23.0. The van der Waals surface area contributed by atoms with Crippen LogP contribution in [0, 0.1) is 13.8 Å². The van der Waals surface area contributed by atoms with Gasteiger partial charge in [0.05, 0.1) is 23.6 Å². The van der Waals surface area contributed by atoms with E-state index in [0.717, 1.165) is 33.5 Å². The molecule has 0 saturated carbocycles. The standard InChI is InChI=1S/C29H33N5O3S/c1-20-8-7-9-21(2)27(20)31-29-25-10-5-6-11-26(25)30-28(32-29)22(3)33-16-18-34(19-17-33)38(35,36)24-14-12-23(37-4)13-15-24/h5-15,22H,16-19H2,1-4H3,(H,30,31,32). The maximum absolute atomic E-state index is 13.2. The van der Waals surface area contributed by atoms with Crippen molar-refractivity contribution >= 4 is 32.4 Å². The Bertz CT molecular complexity index is 1530. The van der Waals surface area contributed by atoms with E-state index in [1.165, 1.54) is 0 Å². The van der Waals surface area contributed by atoms with E-state index in [1.807, 2.05) is 24.3 Å². The molecule has 0 spiro atoms. The van der Waals surface area contributed by atoms with Crippen LogP contribution in [0.25, 0.3) is 10.9 Å². The molecule has 9 heteroatoms. The fourth-order valence-corrected chi connectivity index (χ4v) is 6.32. The summed E-state index contributed by atoms with van der Waals surface area (Å²) in [7, 11) is -2.01. The van der Waals surface area contributed by atoms with Crippen molar-refractivity contribution in [1.82, 2.24) is 19.2 Å². The highest BCUT2D eigenvalue weighted by atomic mass is 32.2. The molecule has 1 unspecified atom stereocenters. The smallest absolute Gasteiger partial charge is 0.243 e. The molecule has 1 aromatic heterocycles. The van der Waals surface area contributed by atoms with Gasteiger partial charge in [0.2, 0.25) is 10.0 Å². The van der Waals surface area contributed by atoms with E-state index in [0.29, 0.717) is 37.8 Å². The van der Waals surface area contributed by atoms with Crippen molar-refractivity contribution in [2.75, 3.05) is 38.6 Å². The molecule has 3 aromatic carbocycles. The largest absolute Gasteiger partial charge is 0.497 e. The van der Waals surface area contributed by atoms with Gasteiger partial charge < -0.3 is 10.1 Å². The zero-order chi connectivity index (χ0) is 26.9. The molecule has 1 N–H and O–H groups in total. The summed E-state index contributed by atoms with van der Waals surface area (Å²) in [6.45, 7) is 8.24. The van der Waals surface area contributed by atoms with E-state index < -0.39 is 10.0 Å². The number of nitrogens with zero attached hydrogens (tertiary/aromatic N) is 4. The number of methoxy groups -OCH3 is 1. The summed E-state index contributed by atoms with van der Waals surface area (Å²) in [6, 6.07) is 20.7. The first kappa shape index (κ1) is 26.1. The lowest BCUT2D eigenvalue weighted by molar-refractivity contribution is 0.141. The molecule has 38 heavy (non-hydrogen) atoms. The van der Waals surface area contributed by atoms with Crippen LogP contribution >= 0.6 is 0 Å². The zero-order valence-electron chi connectivity index (χ0n) is 22.2. The van der Waals surface area contributed by atoms with E-state index in [2.05, 4.69) is 49.2 Å². The fraction of sp³-hybridized carbons (Fsp3) is 0.310. The third-order valence-corrected chi connectivity index (χ3v) is 9.15. The number of sulfonamides is 1. The summed E-state index contributed by atoms with van der Waals surface area (Å²) in [5.74, 6) is 2.11. The van der Waals surface area contributed by atoms with Gasteiger partial charge in [-0.2, -0.15) is 4.31 Å². The van der Waals surface area contributed by atoms with Crippen LogP contribution in [0.2, 0.25) is 0 Å². The van der Waals surface area contributed by atoms with Gasteiger partial charge in [0.25, 0.3) is 0 Å². The summed E-state index contributed by atoms with van der Waals surface area (Å²) >= 11 is 0. The highest BCUT2D eigenvalue weighted by molar-refractivity contribution is 7.89. The van der Waals surface area contributed by atoms with Gasteiger partial charge in [-0.1, -0.05) is 30.3 Å². The highest BCUT2D eigenvalue weighted by Crippen LogP contribution is 2.30. The molecular formula is C29H33N5O3S. The molecule has 0 aliphatic carbocycles. The van der Waals surface area contributed by atoms with Gasteiger partial charge in [-0.05, 0) is 68.3 Å². The Morgan fingerprint density at radius 2 is 1.53 bits per heavy atom. The van der Waals surface area contributed by atoms with Crippen molar-refractivity contribution in [1.29, 1.82) is 0 Å². The SMILES string of the molecule is COc1ccc(S(=O)(=O)N2CCN(C(C)c3nc(Nc4c(C)cccc4C)c4ccccc4n3)CC2)cc1. The topological polar surface area (TPSA) is 87.7 Å². The van der Waals surface area contributed by atoms with Crippen LogP contribution in [0.4, 0.5) is 11.5 Å². The maximum Gasteiger partial charge on any atom is 0.243 e. The molecule has 8 nitrogen and oxygen atoms in total. The van der Waals surface area contributed by atoms with E-state index in [1.54, 1.807) is 35.7 Å². The van der Waals surface area contributed by atoms with Crippen molar-refractivity contribution < 1.29 is 13.2 Å². The molecule has 0 radical (unpaired) electrons. The molecule has 5 rings (SSSR count). The Morgan fingerprint density at radius 3 is 2.18 bits per heavy atom. The minimum absolute atomic E-state index is 0.0797. The molecule has 1 aliphatic rings. The number of anilines is 2. The Balaban J connectivity index is 1.36. The van der Waals surface area contributed by atoms with E-state index in [-0.39, 0.29) is 10.9 Å². The Morgan fingerprint density at radius 1 is 0.868 bits per heavy atom. The number of hydrogen-bond donors (Lipinski definition) is 1. The maximum atomic E-state index is 13.2. The first-order valence-electron chi connectivity index (χ1n) is 12.8. The number of fused-ring (bicyclic) bond motifs is 1. The molecule has 1 atom stereocenters. The molecule has 0 amide bonds. The highest BCUT2D eigenvalue weighted by Gasteiger charge is 2.31. The van der Waals surface area contributed by atoms with Crippen LogP contribution in [-0.2, 0) is 10.0 Å². The molecule has 1 aliphatic heterocycles. The molecule has 198 valence electrons. The number of rotatable bonds is 7. The number of ether oxygens (including phenoxy) is 1. The van der Waals surface area contributed by atoms with E-state index >= 15 is 0 Å². The van der Waals surface area contributed by atoms with Gasteiger partial charge in [-0.25, -0.2) is 18.4 Å². The average Bonchev–Trinajstić information content (AvgIpc) is 2.94. The van der Waals surface area contributed by atoms with Crippen LogP contribution in [0.15, 0.2) is 71.6 Å². The van der Waals surface area contributed by atoms with Gasteiger partial charge in [0, 0.05) is 37.3 Å². The molecule has 1 saturated heterocycles. The number of piperazine rings is 1. The summed E-state index contributed by atoms with van der Waals surface area (Å²) in [6.07, 6.45) is 0. The number of para-hydroxylation sites is 2. The van der Waals surface area contributed by atoms with Gasteiger partial charge >= 0.3 is 0 Å². The normalized spacial score (nSPS) is 15.9. The molecule has 4 aromatic rings. The predicted molar refractivity (Wildman–Crippen MR) is 150 cm³/mol. The molecule has 0 bridgehead atoms. The number of aryl methyl sites for hydroxylation is 2.